The van der Waals surface area contributed by atoms with Gasteiger partial charge >= 0.3 is 0 Å². The standard InChI is InChI=1S/C20H26N2O3S/c1-21-19-7-4-17(5-8-19)2-3-18-6-9-20(22-16-18)25-13-12-23-10-11-24-14-15-26/h2-9,16,21,26H,10-15H2,1H3/b3-2+. The van der Waals surface area contributed by atoms with E-state index in [-0.39, 0.29) is 0 Å². The van der Waals surface area contributed by atoms with Crippen LogP contribution in [0.2, 0.25) is 0 Å². The fourth-order valence-electron chi connectivity index (χ4n) is 2.12. The summed E-state index contributed by atoms with van der Waals surface area (Å²) in [5.41, 5.74) is 3.26. The maximum Gasteiger partial charge on any atom is 0.213 e. The number of hydrogen-bond acceptors (Lipinski definition) is 6. The van der Waals surface area contributed by atoms with Gasteiger partial charge < -0.3 is 19.5 Å². The van der Waals surface area contributed by atoms with E-state index in [0.717, 1.165) is 22.6 Å². The van der Waals surface area contributed by atoms with Crippen LogP contribution in [-0.4, -0.2) is 50.8 Å². The highest BCUT2D eigenvalue weighted by Gasteiger charge is 1.96. The predicted octanol–water partition coefficient (Wildman–Crippen LogP) is 3.64. The van der Waals surface area contributed by atoms with Crippen molar-refractivity contribution in [3.8, 4) is 5.88 Å². The summed E-state index contributed by atoms with van der Waals surface area (Å²) >= 11 is 4.07. The third kappa shape index (κ3) is 7.91. The smallest absolute Gasteiger partial charge is 0.213 e. The van der Waals surface area contributed by atoms with Gasteiger partial charge in [-0.05, 0) is 29.3 Å². The Hall–Kier alpha value is -2.02. The zero-order valence-corrected chi connectivity index (χ0v) is 16.0. The Morgan fingerprint density at radius 1 is 0.885 bits per heavy atom. The molecule has 26 heavy (non-hydrogen) atoms. The number of thiol groups is 1. The van der Waals surface area contributed by atoms with E-state index in [1.807, 2.05) is 37.4 Å². The number of ether oxygens (including phenoxy) is 3. The van der Waals surface area contributed by atoms with Gasteiger partial charge in [0.15, 0.2) is 0 Å². The number of rotatable bonds is 12. The second-order valence-corrected chi connectivity index (χ2v) is 5.88. The van der Waals surface area contributed by atoms with E-state index < -0.39 is 0 Å². The fraction of sp³-hybridized carbons (Fsp3) is 0.350. The number of nitrogens with zero attached hydrogens (tertiary/aromatic N) is 1. The van der Waals surface area contributed by atoms with Crippen molar-refractivity contribution in [3.63, 3.8) is 0 Å². The molecule has 1 aromatic carbocycles. The lowest BCUT2D eigenvalue weighted by atomic mass is 10.1. The van der Waals surface area contributed by atoms with Gasteiger partial charge in [-0.2, -0.15) is 12.6 Å². The molecule has 1 heterocycles. The number of anilines is 1. The molecule has 6 heteroatoms. The molecule has 1 N–H and O–H groups in total. The minimum Gasteiger partial charge on any atom is -0.475 e. The Labute approximate surface area is 160 Å². The summed E-state index contributed by atoms with van der Waals surface area (Å²) in [4.78, 5) is 4.30. The van der Waals surface area contributed by atoms with Crippen LogP contribution in [0.3, 0.4) is 0 Å². The summed E-state index contributed by atoms with van der Waals surface area (Å²) < 4.78 is 16.2. The molecule has 2 aromatic rings. The molecule has 0 fully saturated rings. The lowest BCUT2D eigenvalue weighted by molar-refractivity contribution is 0.0407. The second kappa shape index (κ2) is 12.4. The first-order chi connectivity index (χ1) is 12.8. The highest BCUT2D eigenvalue weighted by molar-refractivity contribution is 7.80. The van der Waals surface area contributed by atoms with Crippen molar-refractivity contribution in [1.82, 2.24) is 4.98 Å². The van der Waals surface area contributed by atoms with Crippen LogP contribution < -0.4 is 10.1 Å². The average Bonchev–Trinajstić information content (AvgIpc) is 2.69. The van der Waals surface area contributed by atoms with Gasteiger partial charge in [-0.25, -0.2) is 4.98 Å². The number of nitrogens with one attached hydrogen (secondary N) is 1. The van der Waals surface area contributed by atoms with Crippen LogP contribution in [0.5, 0.6) is 5.88 Å². The van der Waals surface area contributed by atoms with E-state index >= 15 is 0 Å². The Bertz CT molecular complexity index is 645. The molecule has 0 atom stereocenters. The molecule has 0 spiro atoms. The molecular formula is C20H26N2O3S. The Balaban J connectivity index is 1.68. The van der Waals surface area contributed by atoms with Gasteiger partial charge in [0, 0.05) is 30.8 Å². The number of benzene rings is 1. The molecule has 0 bridgehead atoms. The number of hydrogen-bond donors (Lipinski definition) is 2. The van der Waals surface area contributed by atoms with Crippen molar-refractivity contribution < 1.29 is 14.2 Å². The third-order valence-corrected chi connectivity index (χ3v) is 3.69. The van der Waals surface area contributed by atoms with Crippen molar-refractivity contribution in [1.29, 1.82) is 0 Å². The van der Waals surface area contributed by atoms with E-state index in [1.165, 1.54) is 0 Å². The highest BCUT2D eigenvalue weighted by Crippen LogP contribution is 2.13. The minimum atomic E-state index is 0.465. The summed E-state index contributed by atoms with van der Waals surface area (Å²) in [7, 11) is 1.91. The van der Waals surface area contributed by atoms with Gasteiger partial charge in [-0.15, -0.1) is 0 Å². The van der Waals surface area contributed by atoms with Gasteiger partial charge in [0.05, 0.1) is 26.4 Å². The summed E-state index contributed by atoms with van der Waals surface area (Å²) in [6, 6.07) is 12.1. The Morgan fingerprint density at radius 2 is 1.54 bits per heavy atom. The highest BCUT2D eigenvalue weighted by atomic mass is 32.1. The minimum absolute atomic E-state index is 0.465. The average molecular weight is 375 g/mol. The van der Waals surface area contributed by atoms with Crippen LogP contribution in [0.4, 0.5) is 5.69 Å². The van der Waals surface area contributed by atoms with Gasteiger partial charge in [0.2, 0.25) is 5.88 Å². The van der Waals surface area contributed by atoms with Crippen molar-refractivity contribution in [2.75, 3.05) is 51.2 Å². The van der Waals surface area contributed by atoms with E-state index in [0.29, 0.717) is 38.9 Å². The number of aromatic nitrogens is 1. The second-order valence-electron chi connectivity index (χ2n) is 5.43. The van der Waals surface area contributed by atoms with Crippen LogP contribution in [0.25, 0.3) is 12.2 Å². The van der Waals surface area contributed by atoms with Crippen LogP contribution in [0.1, 0.15) is 11.1 Å². The molecule has 140 valence electrons. The molecule has 0 aliphatic heterocycles. The molecule has 0 saturated heterocycles. The van der Waals surface area contributed by atoms with Crippen molar-refractivity contribution in [3.05, 3.63) is 53.7 Å². The molecule has 0 aliphatic carbocycles. The quantitative estimate of drug-likeness (QED) is 0.439. The first kappa shape index (κ1) is 20.3. The molecule has 5 nitrogen and oxygen atoms in total. The van der Waals surface area contributed by atoms with Gasteiger partial charge in [0.1, 0.15) is 6.61 Å². The van der Waals surface area contributed by atoms with Crippen LogP contribution in [-0.2, 0) is 9.47 Å². The zero-order chi connectivity index (χ0) is 18.5. The van der Waals surface area contributed by atoms with Crippen molar-refractivity contribution in [2.45, 2.75) is 0 Å². The van der Waals surface area contributed by atoms with Gasteiger partial charge in [0.25, 0.3) is 0 Å². The first-order valence-electron chi connectivity index (χ1n) is 8.63. The Morgan fingerprint density at radius 3 is 2.19 bits per heavy atom. The molecule has 0 unspecified atom stereocenters. The lowest BCUT2D eigenvalue weighted by Gasteiger charge is -2.07. The lowest BCUT2D eigenvalue weighted by Crippen LogP contribution is -2.11. The van der Waals surface area contributed by atoms with Crippen LogP contribution >= 0.6 is 12.6 Å². The van der Waals surface area contributed by atoms with E-state index in [2.05, 4.69) is 41.1 Å². The molecule has 2 rings (SSSR count). The predicted molar refractivity (Wildman–Crippen MR) is 110 cm³/mol. The van der Waals surface area contributed by atoms with E-state index in [1.54, 1.807) is 6.20 Å². The molecule has 1 aromatic heterocycles. The van der Waals surface area contributed by atoms with E-state index in [9.17, 15) is 0 Å². The summed E-state index contributed by atoms with van der Waals surface area (Å²) in [6.45, 7) is 2.76. The number of pyridine rings is 1. The van der Waals surface area contributed by atoms with Crippen molar-refractivity contribution >= 4 is 30.5 Å². The molecule has 0 saturated carbocycles. The third-order valence-electron chi connectivity index (χ3n) is 3.51. The Kier molecular flexibility index (Phi) is 9.64. The maximum atomic E-state index is 5.56. The normalized spacial score (nSPS) is 11.0. The summed E-state index contributed by atoms with van der Waals surface area (Å²) in [5, 5.41) is 3.10. The zero-order valence-electron chi connectivity index (χ0n) is 15.1. The first-order valence-corrected chi connectivity index (χ1v) is 9.26. The SMILES string of the molecule is CNc1ccc(/C=C/c2ccc(OCCOCCOCCS)nc2)cc1. The summed E-state index contributed by atoms with van der Waals surface area (Å²) in [5.74, 6) is 1.32. The monoisotopic (exact) mass is 374 g/mol. The summed E-state index contributed by atoms with van der Waals surface area (Å²) in [6.07, 6.45) is 5.87. The largest absolute Gasteiger partial charge is 0.475 e. The fourth-order valence-corrected chi connectivity index (χ4v) is 2.25. The van der Waals surface area contributed by atoms with Gasteiger partial charge in [-0.3, -0.25) is 0 Å². The molecule has 0 amide bonds. The van der Waals surface area contributed by atoms with Crippen LogP contribution in [0, 0.1) is 0 Å². The van der Waals surface area contributed by atoms with Gasteiger partial charge in [-0.1, -0.05) is 24.3 Å². The maximum absolute atomic E-state index is 5.56. The molecular weight excluding hydrogens is 348 g/mol. The topological polar surface area (TPSA) is 52.6 Å². The van der Waals surface area contributed by atoms with E-state index in [4.69, 9.17) is 14.2 Å². The van der Waals surface area contributed by atoms with Crippen LogP contribution in [0.15, 0.2) is 42.6 Å². The molecule has 0 radical (unpaired) electrons. The van der Waals surface area contributed by atoms with Crippen molar-refractivity contribution in [2.24, 2.45) is 0 Å². The molecule has 0 aliphatic rings.